The van der Waals surface area contributed by atoms with Gasteiger partial charge in [0.25, 0.3) is 5.56 Å². The number of aromatic nitrogens is 3. The second-order valence-electron chi connectivity index (χ2n) is 7.72. The highest BCUT2D eigenvalue weighted by atomic mass is 16.5. The van der Waals surface area contributed by atoms with Crippen molar-refractivity contribution in [2.45, 2.75) is 46.3 Å². The Morgan fingerprint density at radius 2 is 2.11 bits per heavy atom. The summed E-state index contributed by atoms with van der Waals surface area (Å²) in [4.78, 5) is 23.8. The second kappa shape index (κ2) is 7.72. The minimum Gasteiger partial charge on any atom is -0.376 e. The number of pyridine rings is 1. The molecule has 0 unspecified atom stereocenters. The highest BCUT2D eigenvalue weighted by Crippen LogP contribution is 2.28. The molecular weight excluding hydrogens is 354 g/mol. The number of ether oxygens (including phenoxy) is 1. The molecule has 2 aromatic heterocycles. The molecule has 0 N–H and O–H groups in total. The number of anilines is 1. The molecule has 0 amide bonds. The van der Waals surface area contributed by atoms with Gasteiger partial charge in [-0.25, -0.2) is 9.97 Å². The topological polar surface area (TPSA) is 84.0 Å². The van der Waals surface area contributed by atoms with Gasteiger partial charge in [-0.2, -0.15) is 5.26 Å². The lowest BCUT2D eigenvalue weighted by Gasteiger charge is -2.34. The van der Waals surface area contributed by atoms with E-state index < -0.39 is 0 Å². The maximum atomic E-state index is 12.4. The largest absolute Gasteiger partial charge is 0.376 e. The number of hydrogen-bond donors (Lipinski definition) is 0. The Balaban J connectivity index is 1.47. The molecule has 0 atom stereocenters. The normalized spacial score (nSPS) is 17.2. The van der Waals surface area contributed by atoms with Crippen LogP contribution in [0.25, 0.3) is 0 Å². The maximum Gasteiger partial charge on any atom is 0.256 e. The van der Waals surface area contributed by atoms with E-state index >= 15 is 0 Å². The molecule has 0 spiro atoms. The van der Waals surface area contributed by atoms with Crippen LogP contribution in [-0.4, -0.2) is 34.2 Å². The number of fused-ring (bicyclic) bond motifs is 1. The van der Waals surface area contributed by atoms with Gasteiger partial charge in [0.15, 0.2) is 0 Å². The zero-order chi connectivity index (χ0) is 19.7. The van der Waals surface area contributed by atoms with Gasteiger partial charge >= 0.3 is 0 Å². The smallest absolute Gasteiger partial charge is 0.256 e. The van der Waals surface area contributed by atoms with E-state index in [1.165, 1.54) is 0 Å². The molecule has 1 fully saturated rings. The molecule has 0 aromatic carbocycles. The van der Waals surface area contributed by atoms with Crippen LogP contribution < -0.4 is 10.5 Å². The molecule has 2 aromatic rings. The van der Waals surface area contributed by atoms with Crippen LogP contribution in [0.15, 0.2) is 17.2 Å². The fourth-order valence-corrected chi connectivity index (χ4v) is 4.01. The molecule has 4 rings (SSSR count). The van der Waals surface area contributed by atoms with E-state index in [9.17, 15) is 10.1 Å². The van der Waals surface area contributed by atoms with Crippen molar-refractivity contribution >= 4 is 5.82 Å². The predicted octanol–water partition coefficient (Wildman–Crippen LogP) is 2.12. The minimum atomic E-state index is 0.0558. The molecule has 146 valence electrons. The lowest BCUT2D eigenvalue weighted by atomic mass is 9.96. The van der Waals surface area contributed by atoms with Gasteiger partial charge in [-0.15, -0.1) is 0 Å². The van der Waals surface area contributed by atoms with Crippen molar-refractivity contribution in [3.05, 3.63) is 50.8 Å². The van der Waals surface area contributed by atoms with Gasteiger partial charge in [-0.1, -0.05) is 0 Å². The zero-order valence-corrected chi connectivity index (χ0v) is 16.4. The van der Waals surface area contributed by atoms with Crippen molar-refractivity contribution in [3.63, 3.8) is 0 Å². The Bertz CT molecular complexity index is 984. The Morgan fingerprint density at radius 1 is 1.32 bits per heavy atom. The van der Waals surface area contributed by atoms with Crippen LogP contribution in [0.4, 0.5) is 5.82 Å². The van der Waals surface area contributed by atoms with Crippen LogP contribution in [0.5, 0.6) is 0 Å². The number of nitrogens with zero attached hydrogens (tertiary/aromatic N) is 5. The van der Waals surface area contributed by atoms with Crippen LogP contribution in [0, 0.1) is 31.1 Å². The SMILES string of the molecule is Cc1ncn(CC2CCN(c3nc4c(cc3C#N)COCC4)CC2)c(=O)c1C. The van der Waals surface area contributed by atoms with E-state index in [1.807, 2.05) is 19.9 Å². The third-order valence-corrected chi connectivity index (χ3v) is 5.92. The summed E-state index contributed by atoms with van der Waals surface area (Å²) in [5.41, 5.74) is 4.28. The fourth-order valence-electron chi connectivity index (χ4n) is 4.01. The molecule has 1 saturated heterocycles. The molecule has 7 nitrogen and oxygen atoms in total. The van der Waals surface area contributed by atoms with Gasteiger partial charge in [0.1, 0.15) is 11.9 Å². The zero-order valence-electron chi connectivity index (χ0n) is 16.4. The van der Waals surface area contributed by atoms with E-state index in [1.54, 1.807) is 10.9 Å². The molecule has 0 aliphatic carbocycles. The first kappa shape index (κ1) is 18.6. The van der Waals surface area contributed by atoms with Crippen LogP contribution in [0.3, 0.4) is 0 Å². The maximum absolute atomic E-state index is 12.4. The van der Waals surface area contributed by atoms with Crippen LogP contribution in [-0.2, 0) is 24.3 Å². The van der Waals surface area contributed by atoms with Crippen molar-refractivity contribution in [2.75, 3.05) is 24.6 Å². The first-order valence-corrected chi connectivity index (χ1v) is 9.85. The number of rotatable bonds is 3. The van der Waals surface area contributed by atoms with E-state index in [0.29, 0.717) is 31.2 Å². The van der Waals surface area contributed by atoms with Gasteiger partial charge in [0.05, 0.1) is 30.8 Å². The Labute approximate surface area is 164 Å². The van der Waals surface area contributed by atoms with Crippen LogP contribution >= 0.6 is 0 Å². The molecule has 4 heterocycles. The molecule has 2 aliphatic heterocycles. The highest BCUT2D eigenvalue weighted by molar-refractivity contribution is 5.56. The first-order chi connectivity index (χ1) is 13.6. The molecular formula is C21H25N5O2. The lowest BCUT2D eigenvalue weighted by Crippen LogP contribution is -2.38. The Morgan fingerprint density at radius 3 is 2.86 bits per heavy atom. The highest BCUT2D eigenvalue weighted by Gasteiger charge is 2.25. The molecule has 0 saturated carbocycles. The quantitative estimate of drug-likeness (QED) is 0.812. The van der Waals surface area contributed by atoms with E-state index in [4.69, 9.17) is 9.72 Å². The monoisotopic (exact) mass is 379 g/mol. The van der Waals surface area contributed by atoms with E-state index in [2.05, 4.69) is 16.0 Å². The summed E-state index contributed by atoms with van der Waals surface area (Å²) in [5.74, 6) is 1.22. The third-order valence-electron chi connectivity index (χ3n) is 5.92. The van der Waals surface area contributed by atoms with Crippen molar-refractivity contribution in [2.24, 2.45) is 5.92 Å². The van der Waals surface area contributed by atoms with Gasteiger partial charge in [0, 0.05) is 42.9 Å². The average molecular weight is 379 g/mol. The third kappa shape index (κ3) is 3.52. The summed E-state index contributed by atoms with van der Waals surface area (Å²) in [5, 5.41) is 9.57. The Kier molecular flexibility index (Phi) is 5.14. The molecule has 28 heavy (non-hydrogen) atoms. The van der Waals surface area contributed by atoms with Gasteiger partial charge in [-0.3, -0.25) is 9.36 Å². The standard InChI is InChI=1S/C21H25N5O2/c1-14-15(2)23-13-26(21(14)27)11-16-3-6-25(7-4-16)20-17(10-22)9-18-12-28-8-5-19(18)24-20/h9,13,16H,3-8,11-12H2,1-2H3. The molecule has 0 radical (unpaired) electrons. The molecule has 2 aliphatic rings. The van der Waals surface area contributed by atoms with Gasteiger partial charge in [-0.05, 0) is 38.7 Å². The van der Waals surface area contributed by atoms with Crippen molar-refractivity contribution in [1.29, 1.82) is 5.26 Å². The number of nitriles is 1. The van der Waals surface area contributed by atoms with Crippen molar-refractivity contribution in [3.8, 4) is 6.07 Å². The van der Waals surface area contributed by atoms with Crippen LogP contribution in [0.2, 0.25) is 0 Å². The van der Waals surface area contributed by atoms with Crippen molar-refractivity contribution < 1.29 is 4.74 Å². The molecule has 0 bridgehead atoms. The van der Waals surface area contributed by atoms with Gasteiger partial charge in [0.2, 0.25) is 0 Å². The van der Waals surface area contributed by atoms with Crippen molar-refractivity contribution in [1.82, 2.24) is 14.5 Å². The summed E-state index contributed by atoms with van der Waals surface area (Å²) in [6, 6.07) is 4.23. The molecule has 7 heteroatoms. The lowest BCUT2D eigenvalue weighted by molar-refractivity contribution is 0.109. The fraction of sp³-hybridized carbons (Fsp3) is 0.524. The number of hydrogen-bond acceptors (Lipinski definition) is 6. The predicted molar refractivity (Wildman–Crippen MR) is 105 cm³/mol. The van der Waals surface area contributed by atoms with E-state index in [-0.39, 0.29) is 5.56 Å². The summed E-state index contributed by atoms with van der Waals surface area (Å²) >= 11 is 0. The Hall–Kier alpha value is -2.72. The second-order valence-corrected chi connectivity index (χ2v) is 7.72. The minimum absolute atomic E-state index is 0.0558. The first-order valence-electron chi connectivity index (χ1n) is 9.85. The summed E-state index contributed by atoms with van der Waals surface area (Å²) < 4.78 is 7.22. The van der Waals surface area contributed by atoms with Gasteiger partial charge < -0.3 is 9.64 Å². The summed E-state index contributed by atoms with van der Waals surface area (Å²) in [6.07, 6.45) is 4.39. The summed E-state index contributed by atoms with van der Waals surface area (Å²) in [6.45, 7) is 7.30. The number of aryl methyl sites for hydroxylation is 1. The summed E-state index contributed by atoms with van der Waals surface area (Å²) in [7, 11) is 0. The van der Waals surface area contributed by atoms with Crippen LogP contribution in [0.1, 0.15) is 40.9 Å². The number of piperidine rings is 1. The van der Waals surface area contributed by atoms with E-state index in [0.717, 1.165) is 60.7 Å². The average Bonchev–Trinajstić information content (AvgIpc) is 2.73.